The van der Waals surface area contributed by atoms with Crippen molar-refractivity contribution in [1.82, 2.24) is 4.31 Å². The molecule has 0 heterocycles. The third-order valence-electron chi connectivity index (χ3n) is 2.50. The maximum atomic E-state index is 12.2. The number of nitrogens with zero attached hydrogens (tertiary/aromatic N) is 1. The van der Waals surface area contributed by atoms with Crippen LogP contribution < -0.4 is 0 Å². The van der Waals surface area contributed by atoms with Gasteiger partial charge in [0.2, 0.25) is 10.0 Å². The van der Waals surface area contributed by atoms with Gasteiger partial charge in [-0.2, -0.15) is 0 Å². The number of hydrogen-bond donors (Lipinski definition) is 1. The summed E-state index contributed by atoms with van der Waals surface area (Å²) < 4.78 is 25.7. The van der Waals surface area contributed by atoms with Crippen LogP contribution in [0.2, 0.25) is 10.0 Å². The molecule has 18 heavy (non-hydrogen) atoms. The summed E-state index contributed by atoms with van der Waals surface area (Å²) in [5.41, 5.74) is 0.338. The van der Waals surface area contributed by atoms with E-state index in [1.165, 1.54) is 23.5 Å². The minimum absolute atomic E-state index is 0.0337. The standard InChI is InChI=1S/C11H15Cl2NO3S/c1-3-4-14(2)18(16,17)11-5-8(7-15)9(12)6-10(11)13/h5-6,15H,3-4,7H2,1-2H3. The molecule has 1 aromatic carbocycles. The third-order valence-corrected chi connectivity index (χ3v) is 5.17. The van der Waals surface area contributed by atoms with E-state index in [1.807, 2.05) is 6.92 Å². The summed E-state index contributed by atoms with van der Waals surface area (Å²) in [5, 5.41) is 9.41. The van der Waals surface area contributed by atoms with E-state index >= 15 is 0 Å². The predicted octanol–water partition coefficient (Wildman–Crippen LogP) is 2.52. The number of aliphatic hydroxyl groups excluding tert-OH is 1. The fourth-order valence-electron chi connectivity index (χ4n) is 1.49. The van der Waals surface area contributed by atoms with Crippen LogP contribution in [0, 0.1) is 0 Å². The first-order valence-electron chi connectivity index (χ1n) is 5.39. The van der Waals surface area contributed by atoms with Crippen molar-refractivity contribution >= 4 is 33.2 Å². The van der Waals surface area contributed by atoms with Gasteiger partial charge in [0, 0.05) is 18.6 Å². The summed E-state index contributed by atoms with van der Waals surface area (Å²) in [6, 6.07) is 2.65. The Morgan fingerprint density at radius 2 is 1.89 bits per heavy atom. The van der Waals surface area contributed by atoms with Crippen molar-refractivity contribution in [2.45, 2.75) is 24.8 Å². The van der Waals surface area contributed by atoms with E-state index < -0.39 is 10.0 Å². The molecule has 0 spiro atoms. The number of sulfonamides is 1. The molecule has 0 aliphatic rings. The molecule has 4 nitrogen and oxygen atoms in total. The SMILES string of the molecule is CCCN(C)S(=O)(=O)c1cc(CO)c(Cl)cc1Cl. The van der Waals surface area contributed by atoms with E-state index in [0.717, 1.165) is 0 Å². The van der Waals surface area contributed by atoms with Crippen LogP contribution in [0.25, 0.3) is 0 Å². The molecule has 0 bridgehead atoms. The first kappa shape index (κ1) is 15.7. The minimum atomic E-state index is -3.65. The Bertz CT molecular complexity index is 531. The summed E-state index contributed by atoms with van der Waals surface area (Å²) >= 11 is 11.8. The Morgan fingerprint density at radius 3 is 2.39 bits per heavy atom. The van der Waals surface area contributed by atoms with Gasteiger partial charge in [0.25, 0.3) is 0 Å². The van der Waals surface area contributed by atoms with Gasteiger partial charge in [-0.25, -0.2) is 12.7 Å². The molecule has 0 saturated carbocycles. The molecule has 0 saturated heterocycles. The van der Waals surface area contributed by atoms with Crippen molar-refractivity contribution in [3.8, 4) is 0 Å². The monoisotopic (exact) mass is 311 g/mol. The van der Waals surface area contributed by atoms with E-state index in [4.69, 9.17) is 28.3 Å². The fourth-order valence-corrected chi connectivity index (χ4v) is 3.58. The second kappa shape index (κ2) is 6.21. The molecular formula is C11H15Cl2NO3S. The smallest absolute Gasteiger partial charge is 0.244 e. The maximum absolute atomic E-state index is 12.2. The van der Waals surface area contributed by atoms with Crippen molar-refractivity contribution in [3.05, 3.63) is 27.7 Å². The molecule has 0 fully saturated rings. The van der Waals surface area contributed by atoms with Gasteiger partial charge in [-0.1, -0.05) is 30.1 Å². The van der Waals surface area contributed by atoms with Crippen LogP contribution in [0.3, 0.4) is 0 Å². The Kier molecular flexibility index (Phi) is 5.43. The molecule has 1 rings (SSSR count). The molecule has 0 aliphatic carbocycles. The van der Waals surface area contributed by atoms with Gasteiger partial charge in [0.05, 0.1) is 11.6 Å². The minimum Gasteiger partial charge on any atom is -0.392 e. The second-order valence-corrected chi connectivity index (χ2v) is 6.69. The first-order chi connectivity index (χ1) is 8.34. The zero-order valence-corrected chi connectivity index (χ0v) is 12.5. The molecule has 1 N–H and O–H groups in total. The fraction of sp³-hybridized carbons (Fsp3) is 0.455. The van der Waals surface area contributed by atoms with Crippen molar-refractivity contribution in [3.63, 3.8) is 0 Å². The van der Waals surface area contributed by atoms with Gasteiger partial charge in [-0.3, -0.25) is 0 Å². The second-order valence-electron chi connectivity index (χ2n) is 3.86. The average Bonchev–Trinajstić information content (AvgIpc) is 2.29. The topological polar surface area (TPSA) is 57.6 Å². The van der Waals surface area contributed by atoms with Gasteiger partial charge < -0.3 is 5.11 Å². The van der Waals surface area contributed by atoms with Gasteiger partial charge in [-0.15, -0.1) is 0 Å². The number of aliphatic hydroxyl groups is 1. The molecule has 0 unspecified atom stereocenters. The first-order valence-corrected chi connectivity index (χ1v) is 7.59. The van der Waals surface area contributed by atoms with E-state index in [2.05, 4.69) is 0 Å². The maximum Gasteiger partial charge on any atom is 0.244 e. The van der Waals surface area contributed by atoms with Crippen LogP contribution in [0.5, 0.6) is 0 Å². The Hall–Kier alpha value is -0.330. The number of hydrogen-bond acceptors (Lipinski definition) is 3. The van der Waals surface area contributed by atoms with Crippen LogP contribution in [-0.2, 0) is 16.6 Å². The highest BCUT2D eigenvalue weighted by atomic mass is 35.5. The number of rotatable bonds is 5. The molecule has 0 aliphatic heterocycles. The van der Waals surface area contributed by atoms with Gasteiger partial charge in [0.1, 0.15) is 4.90 Å². The van der Waals surface area contributed by atoms with Gasteiger partial charge in [-0.05, 0) is 24.1 Å². The summed E-state index contributed by atoms with van der Waals surface area (Å²) in [4.78, 5) is -0.0337. The zero-order chi connectivity index (χ0) is 13.9. The summed E-state index contributed by atoms with van der Waals surface area (Å²) in [5.74, 6) is 0. The van der Waals surface area contributed by atoms with Crippen LogP contribution in [0.1, 0.15) is 18.9 Å². The Labute approximate surface area is 117 Å². The number of benzene rings is 1. The molecule has 0 aromatic heterocycles. The molecular weight excluding hydrogens is 297 g/mol. The molecule has 7 heteroatoms. The highest BCUT2D eigenvalue weighted by molar-refractivity contribution is 7.89. The van der Waals surface area contributed by atoms with Crippen LogP contribution in [0.15, 0.2) is 17.0 Å². The largest absolute Gasteiger partial charge is 0.392 e. The average molecular weight is 312 g/mol. The van der Waals surface area contributed by atoms with Crippen LogP contribution in [-0.4, -0.2) is 31.4 Å². The molecule has 0 atom stereocenters. The van der Waals surface area contributed by atoms with E-state index in [0.29, 0.717) is 18.5 Å². The van der Waals surface area contributed by atoms with E-state index in [-0.39, 0.29) is 21.5 Å². The van der Waals surface area contributed by atoms with Crippen LogP contribution >= 0.6 is 23.2 Å². The third kappa shape index (κ3) is 3.16. The highest BCUT2D eigenvalue weighted by Crippen LogP contribution is 2.30. The molecule has 0 radical (unpaired) electrons. The molecule has 1 aromatic rings. The summed E-state index contributed by atoms with van der Waals surface area (Å²) in [7, 11) is -2.16. The van der Waals surface area contributed by atoms with Gasteiger partial charge in [0.15, 0.2) is 0 Å². The lowest BCUT2D eigenvalue weighted by Crippen LogP contribution is -2.28. The van der Waals surface area contributed by atoms with Gasteiger partial charge >= 0.3 is 0 Å². The Morgan fingerprint density at radius 1 is 1.28 bits per heavy atom. The molecule has 102 valence electrons. The summed E-state index contributed by atoms with van der Waals surface area (Å²) in [6.07, 6.45) is 0.702. The quantitative estimate of drug-likeness (QED) is 0.909. The Balaban J connectivity index is 3.32. The van der Waals surface area contributed by atoms with Crippen molar-refractivity contribution < 1.29 is 13.5 Å². The lowest BCUT2D eigenvalue weighted by Gasteiger charge is -2.18. The summed E-state index contributed by atoms with van der Waals surface area (Å²) in [6.45, 7) is 1.94. The molecule has 0 amide bonds. The van der Waals surface area contributed by atoms with Crippen molar-refractivity contribution in [2.24, 2.45) is 0 Å². The van der Waals surface area contributed by atoms with Crippen molar-refractivity contribution in [2.75, 3.05) is 13.6 Å². The normalized spacial score (nSPS) is 12.1. The predicted molar refractivity (Wildman–Crippen MR) is 72.5 cm³/mol. The zero-order valence-electron chi connectivity index (χ0n) is 10.2. The van der Waals surface area contributed by atoms with E-state index in [1.54, 1.807) is 0 Å². The lowest BCUT2D eigenvalue weighted by molar-refractivity contribution is 0.281. The van der Waals surface area contributed by atoms with E-state index in [9.17, 15) is 8.42 Å². The highest BCUT2D eigenvalue weighted by Gasteiger charge is 2.24. The number of halogens is 2. The van der Waals surface area contributed by atoms with Crippen LogP contribution in [0.4, 0.5) is 0 Å². The van der Waals surface area contributed by atoms with Crippen molar-refractivity contribution in [1.29, 1.82) is 0 Å². The lowest BCUT2D eigenvalue weighted by atomic mass is 10.2.